The maximum atomic E-state index is 10.1. The highest BCUT2D eigenvalue weighted by atomic mass is 16.1. The van der Waals surface area contributed by atoms with Crippen LogP contribution < -0.4 is 5.32 Å². The van der Waals surface area contributed by atoms with Gasteiger partial charge in [-0.3, -0.25) is 4.79 Å². The van der Waals surface area contributed by atoms with E-state index < -0.39 is 0 Å². The number of amides is 1. The Kier molecular flexibility index (Phi) is 3.27. The highest BCUT2D eigenvalue weighted by molar-refractivity contribution is 5.46. The molecule has 1 fully saturated rings. The molecule has 10 heavy (non-hydrogen) atoms. The van der Waals surface area contributed by atoms with Crippen molar-refractivity contribution in [2.24, 2.45) is 0 Å². The number of hydrogen-bond acceptors (Lipinski definition) is 1. The lowest BCUT2D eigenvalue weighted by molar-refractivity contribution is -0.110. The van der Waals surface area contributed by atoms with Crippen molar-refractivity contribution in [1.82, 2.24) is 5.32 Å². The predicted octanol–water partition coefficient (Wildman–Crippen LogP) is 1.70. The predicted molar refractivity (Wildman–Crippen MR) is 42.8 cm³/mol. The quantitative estimate of drug-likeness (QED) is 0.462. The van der Waals surface area contributed by atoms with Crippen LogP contribution in [0.5, 0.6) is 0 Å². The minimum Gasteiger partial charge on any atom is -0.356 e. The van der Waals surface area contributed by atoms with Gasteiger partial charge in [-0.05, 0) is 12.8 Å². The molecule has 0 unspecified atom stereocenters. The van der Waals surface area contributed by atoms with Gasteiger partial charge < -0.3 is 5.32 Å². The van der Waals surface area contributed by atoms with Crippen LogP contribution in [-0.4, -0.2) is 12.5 Å². The summed E-state index contributed by atoms with van der Waals surface area (Å²) in [6, 6.07) is 0.472. The van der Waals surface area contributed by atoms with Gasteiger partial charge in [0.1, 0.15) is 0 Å². The van der Waals surface area contributed by atoms with Gasteiger partial charge in [-0.25, -0.2) is 0 Å². The molecule has 60 valence electrons. The van der Waals surface area contributed by atoms with Crippen LogP contribution in [0.25, 0.3) is 0 Å². The molecular formula is C8H17NO. The number of nitrogens with one attached hydrogen (secondary N) is 1. The summed E-state index contributed by atoms with van der Waals surface area (Å²) in [5.41, 5.74) is 0. The minimum atomic E-state index is 0. The summed E-state index contributed by atoms with van der Waals surface area (Å²) >= 11 is 0. The molecule has 1 N–H and O–H groups in total. The lowest BCUT2D eigenvalue weighted by Gasteiger charge is -2.10. The first-order valence-corrected chi connectivity index (χ1v) is 4.13. The topological polar surface area (TPSA) is 29.1 Å². The summed E-state index contributed by atoms with van der Waals surface area (Å²) in [6.07, 6.45) is 8.44. The molecule has 0 heterocycles. The van der Waals surface area contributed by atoms with E-state index in [4.69, 9.17) is 0 Å². The fourth-order valence-electron chi connectivity index (χ4n) is 1.54. The first kappa shape index (κ1) is 7.58. The van der Waals surface area contributed by atoms with Crippen molar-refractivity contribution in [2.75, 3.05) is 0 Å². The molecule has 0 aliphatic heterocycles. The number of carbonyl (C=O) groups excluding carboxylic acids is 1. The Hall–Kier alpha value is -0.530. The molecule has 0 bridgehead atoms. The first-order chi connectivity index (χ1) is 4.93. The van der Waals surface area contributed by atoms with Crippen LogP contribution in [-0.2, 0) is 4.79 Å². The van der Waals surface area contributed by atoms with Crippen LogP contribution in [0.3, 0.4) is 0 Å². The molecule has 1 aliphatic rings. The molecule has 0 radical (unpaired) electrons. The SMILES string of the molecule is O=CNC1CCCCCC1.[HH]. The van der Waals surface area contributed by atoms with Crippen molar-refractivity contribution >= 4 is 6.41 Å². The highest BCUT2D eigenvalue weighted by Gasteiger charge is 2.09. The van der Waals surface area contributed by atoms with Crippen LogP contribution in [0, 0.1) is 0 Å². The van der Waals surface area contributed by atoms with Gasteiger partial charge in [-0.1, -0.05) is 25.7 Å². The normalized spacial score (nSPS) is 21.6. The first-order valence-electron chi connectivity index (χ1n) is 4.13. The second-order valence-electron chi connectivity index (χ2n) is 2.97. The Morgan fingerprint density at radius 3 is 2.30 bits per heavy atom. The molecule has 0 saturated heterocycles. The maximum absolute atomic E-state index is 10.1. The lowest BCUT2D eigenvalue weighted by Crippen LogP contribution is -2.26. The van der Waals surface area contributed by atoms with Crippen molar-refractivity contribution in [3.05, 3.63) is 0 Å². The highest BCUT2D eigenvalue weighted by Crippen LogP contribution is 2.16. The summed E-state index contributed by atoms with van der Waals surface area (Å²) in [5.74, 6) is 0. The van der Waals surface area contributed by atoms with Gasteiger partial charge in [0.25, 0.3) is 0 Å². The van der Waals surface area contributed by atoms with E-state index in [1.807, 2.05) is 0 Å². The van der Waals surface area contributed by atoms with Gasteiger partial charge >= 0.3 is 0 Å². The molecule has 2 heteroatoms. The monoisotopic (exact) mass is 143 g/mol. The van der Waals surface area contributed by atoms with Crippen LogP contribution >= 0.6 is 0 Å². The van der Waals surface area contributed by atoms with Crippen molar-refractivity contribution in [3.63, 3.8) is 0 Å². The standard InChI is InChI=1S/C8H15NO.H2/c10-7-9-8-5-3-1-2-4-6-8;/h7-8H,1-6H2,(H,9,10);1H. The van der Waals surface area contributed by atoms with Crippen LogP contribution in [0.2, 0.25) is 0 Å². The molecule has 1 amide bonds. The molecule has 0 aromatic rings. The molecule has 1 rings (SSSR count). The number of carbonyl (C=O) groups is 1. The molecule has 0 aromatic heterocycles. The van der Waals surface area contributed by atoms with Crippen LogP contribution in [0.4, 0.5) is 0 Å². The van der Waals surface area contributed by atoms with E-state index in [1.54, 1.807) is 0 Å². The zero-order valence-corrected chi connectivity index (χ0v) is 6.31. The van der Waals surface area contributed by atoms with E-state index in [0.29, 0.717) is 6.04 Å². The third-order valence-electron chi connectivity index (χ3n) is 2.16. The van der Waals surface area contributed by atoms with E-state index >= 15 is 0 Å². The van der Waals surface area contributed by atoms with Gasteiger partial charge in [0.15, 0.2) is 0 Å². The van der Waals surface area contributed by atoms with Crippen molar-refractivity contribution in [3.8, 4) is 0 Å². The number of rotatable bonds is 2. The second kappa shape index (κ2) is 4.31. The van der Waals surface area contributed by atoms with Crippen molar-refractivity contribution < 1.29 is 6.22 Å². The smallest absolute Gasteiger partial charge is 0.207 e. The summed E-state index contributed by atoms with van der Waals surface area (Å²) in [5, 5.41) is 2.84. The minimum absolute atomic E-state index is 0. The van der Waals surface area contributed by atoms with Crippen molar-refractivity contribution in [2.45, 2.75) is 44.6 Å². The lowest BCUT2D eigenvalue weighted by atomic mass is 10.1. The fourth-order valence-corrected chi connectivity index (χ4v) is 1.54. The number of hydrogen-bond donors (Lipinski definition) is 1. The van der Waals surface area contributed by atoms with Crippen LogP contribution in [0.1, 0.15) is 40.0 Å². The summed E-state index contributed by atoms with van der Waals surface area (Å²) in [4.78, 5) is 10.1. The molecular weight excluding hydrogens is 126 g/mol. The molecule has 1 aliphatic carbocycles. The average molecular weight is 143 g/mol. The largest absolute Gasteiger partial charge is 0.356 e. The van der Waals surface area contributed by atoms with Gasteiger partial charge in [-0.15, -0.1) is 0 Å². The molecule has 1 saturated carbocycles. The van der Waals surface area contributed by atoms with Crippen molar-refractivity contribution in [1.29, 1.82) is 0 Å². The Bertz CT molecular complexity index is 100. The molecule has 0 atom stereocenters. The zero-order valence-electron chi connectivity index (χ0n) is 6.31. The fraction of sp³-hybridized carbons (Fsp3) is 0.875. The Morgan fingerprint density at radius 1 is 1.20 bits per heavy atom. The molecule has 0 spiro atoms. The van der Waals surface area contributed by atoms with E-state index in [9.17, 15) is 4.79 Å². The summed E-state index contributed by atoms with van der Waals surface area (Å²) < 4.78 is 0. The Morgan fingerprint density at radius 2 is 1.80 bits per heavy atom. The summed E-state index contributed by atoms with van der Waals surface area (Å²) in [6.45, 7) is 0. The van der Waals surface area contributed by atoms with E-state index in [-0.39, 0.29) is 1.43 Å². The van der Waals surface area contributed by atoms with Gasteiger partial charge in [-0.2, -0.15) is 0 Å². The van der Waals surface area contributed by atoms with Gasteiger partial charge in [0.2, 0.25) is 6.41 Å². The van der Waals surface area contributed by atoms with E-state index in [1.165, 1.54) is 38.5 Å². The van der Waals surface area contributed by atoms with E-state index in [2.05, 4.69) is 5.32 Å². The van der Waals surface area contributed by atoms with Crippen LogP contribution in [0.15, 0.2) is 0 Å². The second-order valence-corrected chi connectivity index (χ2v) is 2.97. The third-order valence-corrected chi connectivity index (χ3v) is 2.16. The summed E-state index contributed by atoms with van der Waals surface area (Å²) in [7, 11) is 0. The zero-order chi connectivity index (χ0) is 7.23. The van der Waals surface area contributed by atoms with Gasteiger partial charge in [0.05, 0.1) is 0 Å². The third kappa shape index (κ3) is 2.38. The Balaban J connectivity index is 0.000001000. The Labute approximate surface area is 63.5 Å². The average Bonchev–Trinajstić information content (AvgIpc) is 2.17. The van der Waals surface area contributed by atoms with E-state index in [0.717, 1.165) is 6.41 Å². The maximum Gasteiger partial charge on any atom is 0.207 e. The molecule has 2 nitrogen and oxygen atoms in total. The van der Waals surface area contributed by atoms with Gasteiger partial charge in [0, 0.05) is 7.47 Å². The molecule has 0 aromatic carbocycles.